The molecule has 51 heavy (non-hydrogen) atoms. The van der Waals surface area contributed by atoms with Crippen molar-refractivity contribution in [3.8, 4) is 17.2 Å². The van der Waals surface area contributed by atoms with Gasteiger partial charge in [0.05, 0.1) is 11.9 Å². The highest BCUT2D eigenvalue weighted by Gasteiger charge is 2.20. The molecule has 0 saturated carbocycles. The summed E-state index contributed by atoms with van der Waals surface area (Å²) >= 11 is 1.40. The third-order valence-corrected chi connectivity index (χ3v) is 9.12. The molecule has 1 unspecified atom stereocenters. The number of amides is 3. The molecule has 6 aromatic rings. The fourth-order valence-corrected chi connectivity index (χ4v) is 6.20. The minimum atomic E-state index is -0.499. The van der Waals surface area contributed by atoms with Crippen LogP contribution in [-0.4, -0.2) is 34.6 Å². The fraction of sp³-hybridized carbons (Fsp3) is 0.122. The first-order valence-corrected chi connectivity index (χ1v) is 17.4. The van der Waals surface area contributed by atoms with Crippen LogP contribution in [0.3, 0.4) is 0 Å². The number of para-hydroxylation sites is 2. The monoisotopic (exact) mass is 696 g/mol. The van der Waals surface area contributed by atoms with Crippen LogP contribution in [0.5, 0.6) is 5.75 Å². The summed E-state index contributed by atoms with van der Waals surface area (Å²) in [6.07, 6.45) is 2.19. The standard InChI is InChI=1S/C41H36N4O5S/c1-3-37(40(48)42-30-21-19-29(20-22-30)41-45-34-15-8-9-16-36(34)50-41)51-33-14-10-13-31(26-33)43-39(47)35(44-38(46)28-11-6-5-7-12-28)25-27-17-23-32(24-18-27)49-4-2/h5-26,37H,3-4H2,1-2H3,(H,42,48)(H,43,47)(H,44,46)/b35-25+. The van der Waals surface area contributed by atoms with E-state index in [-0.39, 0.29) is 11.6 Å². The molecule has 3 amide bonds. The van der Waals surface area contributed by atoms with Crippen molar-refractivity contribution < 1.29 is 23.5 Å². The summed E-state index contributed by atoms with van der Waals surface area (Å²) in [5.41, 5.74) is 4.67. The predicted octanol–water partition coefficient (Wildman–Crippen LogP) is 8.81. The average molecular weight is 697 g/mol. The number of thioether (sulfide) groups is 1. The third-order valence-electron chi connectivity index (χ3n) is 7.76. The Morgan fingerprint density at radius 3 is 2.27 bits per heavy atom. The lowest BCUT2D eigenvalue weighted by molar-refractivity contribution is -0.116. The summed E-state index contributed by atoms with van der Waals surface area (Å²) in [6, 6.07) is 38.1. The molecule has 3 N–H and O–H groups in total. The van der Waals surface area contributed by atoms with Crippen LogP contribution in [0.4, 0.5) is 11.4 Å². The highest BCUT2D eigenvalue weighted by Crippen LogP contribution is 2.30. The summed E-state index contributed by atoms with van der Waals surface area (Å²) in [5.74, 6) is 0.166. The van der Waals surface area contributed by atoms with E-state index < -0.39 is 17.1 Å². The van der Waals surface area contributed by atoms with Crippen molar-refractivity contribution in [1.29, 1.82) is 0 Å². The zero-order valence-corrected chi connectivity index (χ0v) is 28.9. The van der Waals surface area contributed by atoms with E-state index in [1.54, 1.807) is 54.6 Å². The van der Waals surface area contributed by atoms with Crippen molar-refractivity contribution in [3.05, 3.63) is 144 Å². The smallest absolute Gasteiger partial charge is 0.272 e. The van der Waals surface area contributed by atoms with E-state index >= 15 is 0 Å². The number of carbonyl (C=O) groups excluding carboxylic acids is 3. The Morgan fingerprint density at radius 2 is 1.55 bits per heavy atom. The topological polar surface area (TPSA) is 123 Å². The molecule has 0 bridgehead atoms. The summed E-state index contributed by atoms with van der Waals surface area (Å²) in [7, 11) is 0. The Labute approximate surface area is 300 Å². The molecular formula is C41H36N4O5S. The van der Waals surface area contributed by atoms with Gasteiger partial charge in [-0.2, -0.15) is 0 Å². The maximum Gasteiger partial charge on any atom is 0.272 e. The van der Waals surface area contributed by atoms with Gasteiger partial charge in [-0.05, 0) is 104 Å². The molecule has 10 heteroatoms. The van der Waals surface area contributed by atoms with Crippen LogP contribution in [-0.2, 0) is 9.59 Å². The number of hydrogen-bond donors (Lipinski definition) is 3. The first-order valence-electron chi connectivity index (χ1n) is 16.5. The van der Waals surface area contributed by atoms with Crippen LogP contribution in [0.2, 0.25) is 0 Å². The lowest BCUT2D eigenvalue weighted by atomic mass is 10.1. The van der Waals surface area contributed by atoms with Gasteiger partial charge in [-0.15, -0.1) is 11.8 Å². The summed E-state index contributed by atoms with van der Waals surface area (Å²) in [4.78, 5) is 45.3. The Morgan fingerprint density at radius 1 is 0.804 bits per heavy atom. The quantitative estimate of drug-likeness (QED) is 0.0815. The molecule has 0 spiro atoms. The molecule has 5 aromatic carbocycles. The number of oxazole rings is 1. The minimum Gasteiger partial charge on any atom is -0.494 e. The average Bonchev–Trinajstić information content (AvgIpc) is 3.60. The first kappa shape index (κ1) is 34.7. The maximum atomic E-state index is 13.6. The molecule has 0 aliphatic carbocycles. The second kappa shape index (κ2) is 16.5. The Kier molecular flexibility index (Phi) is 11.2. The minimum absolute atomic E-state index is 0.0685. The number of carbonyl (C=O) groups is 3. The van der Waals surface area contributed by atoms with Crippen molar-refractivity contribution in [1.82, 2.24) is 10.3 Å². The number of ether oxygens (including phenoxy) is 1. The van der Waals surface area contributed by atoms with E-state index in [1.165, 1.54) is 11.8 Å². The van der Waals surface area contributed by atoms with E-state index in [0.29, 0.717) is 52.8 Å². The number of hydrogen-bond acceptors (Lipinski definition) is 7. The van der Waals surface area contributed by atoms with Gasteiger partial charge in [-0.1, -0.05) is 55.5 Å². The Hall–Kier alpha value is -6.13. The van der Waals surface area contributed by atoms with Gasteiger partial charge in [0.15, 0.2) is 5.58 Å². The van der Waals surface area contributed by atoms with Crippen LogP contribution in [0.15, 0.2) is 142 Å². The number of fused-ring (bicyclic) bond motifs is 1. The molecule has 1 heterocycles. The Balaban J connectivity index is 1.12. The molecule has 9 nitrogen and oxygen atoms in total. The zero-order valence-electron chi connectivity index (χ0n) is 28.1. The third kappa shape index (κ3) is 9.11. The second-order valence-electron chi connectivity index (χ2n) is 11.4. The lowest BCUT2D eigenvalue weighted by Gasteiger charge is -2.16. The van der Waals surface area contributed by atoms with Crippen LogP contribution >= 0.6 is 11.8 Å². The maximum absolute atomic E-state index is 13.6. The molecule has 0 aliphatic heterocycles. The summed E-state index contributed by atoms with van der Waals surface area (Å²) in [5, 5.41) is 8.29. The number of anilines is 2. The Bertz CT molecular complexity index is 2130. The largest absolute Gasteiger partial charge is 0.494 e. The van der Waals surface area contributed by atoms with Crippen LogP contribution in [0.1, 0.15) is 36.2 Å². The van der Waals surface area contributed by atoms with Crippen LogP contribution in [0.25, 0.3) is 28.6 Å². The lowest BCUT2D eigenvalue weighted by Crippen LogP contribution is -2.30. The van der Waals surface area contributed by atoms with Crippen molar-refractivity contribution in [2.75, 3.05) is 17.2 Å². The number of nitrogens with one attached hydrogen (secondary N) is 3. The molecule has 1 aromatic heterocycles. The first-order chi connectivity index (χ1) is 24.9. The number of rotatable bonds is 13. The van der Waals surface area contributed by atoms with Crippen LogP contribution < -0.4 is 20.7 Å². The van der Waals surface area contributed by atoms with E-state index in [2.05, 4.69) is 20.9 Å². The molecule has 0 aliphatic rings. The van der Waals surface area contributed by atoms with Gasteiger partial charge >= 0.3 is 0 Å². The molecule has 0 fully saturated rings. The summed E-state index contributed by atoms with van der Waals surface area (Å²) < 4.78 is 11.4. The molecule has 256 valence electrons. The van der Waals surface area contributed by atoms with Gasteiger partial charge in [0.25, 0.3) is 11.8 Å². The molecular weight excluding hydrogens is 661 g/mol. The number of benzene rings is 5. The van der Waals surface area contributed by atoms with E-state index in [9.17, 15) is 14.4 Å². The molecule has 1 atom stereocenters. The van der Waals surface area contributed by atoms with Gasteiger partial charge in [-0.3, -0.25) is 14.4 Å². The van der Waals surface area contributed by atoms with Gasteiger partial charge in [0.1, 0.15) is 17.0 Å². The highest BCUT2D eigenvalue weighted by molar-refractivity contribution is 8.00. The second-order valence-corrected chi connectivity index (χ2v) is 12.7. The van der Waals surface area contributed by atoms with Crippen molar-refractivity contribution in [2.45, 2.75) is 30.4 Å². The summed E-state index contributed by atoms with van der Waals surface area (Å²) in [6.45, 7) is 4.39. The fourth-order valence-electron chi connectivity index (χ4n) is 5.18. The predicted molar refractivity (Wildman–Crippen MR) is 203 cm³/mol. The van der Waals surface area contributed by atoms with Crippen molar-refractivity contribution >= 4 is 58.0 Å². The highest BCUT2D eigenvalue weighted by atomic mass is 32.2. The van der Waals surface area contributed by atoms with Crippen molar-refractivity contribution in [2.24, 2.45) is 0 Å². The van der Waals surface area contributed by atoms with Gasteiger partial charge < -0.3 is 25.1 Å². The van der Waals surface area contributed by atoms with E-state index in [1.807, 2.05) is 92.7 Å². The number of aromatic nitrogens is 1. The zero-order chi connectivity index (χ0) is 35.6. The number of nitrogens with zero attached hydrogens (tertiary/aromatic N) is 1. The van der Waals surface area contributed by atoms with Crippen LogP contribution in [0, 0.1) is 0 Å². The van der Waals surface area contributed by atoms with Gasteiger partial charge in [0.2, 0.25) is 11.8 Å². The SMILES string of the molecule is CCOc1ccc(/C=C(/NC(=O)c2ccccc2)C(=O)Nc2cccc(SC(CC)C(=O)Nc3ccc(-c4nc5ccccc5o4)cc3)c2)cc1. The van der Waals surface area contributed by atoms with Gasteiger partial charge in [-0.25, -0.2) is 4.98 Å². The molecule has 6 rings (SSSR count). The van der Waals surface area contributed by atoms with E-state index in [0.717, 1.165) is 16.0 Å². The van der Waals surface area contributed by atoms with E-state index in [4.69, 9.17) is 9.15 Å². The molecule has 0 saturated heterocycles. The van der Waals surface area contributed by atoms with Crippen molar-refractivity contribution in [3.63, 3.8) is 0 Å². The van der Waals surface area contributed by atoms with Gasteiger partial charge in [0, 0.05) is 27.4 Å². The molecule has 0 radical (unpaired) electrons. The normalized spacial score (nSPS) is 11.8.